The minimum absolute atomic E-state index is 0.656. The van der Waals surface area contributed by atoms with Gasteiger partial charge in [0, 0.05) is 24.2 Å². The summed E-state index contributed by atoms with van der Waals surface area (Å²) in [7, 11) is 0. The molecule has 2 rings (SSSR count). The van der Waals surface area contributed by atoms with E-state index < -0.39 is 0 Å². The van der Waals surface area contributed by atoms with Crippen molar-refractivity contribution in [3.05, 3.63) is 29.8 Å². The molecule has 0 radical (unpaired) electrons. The first-order valence-corrected chi connectivity index (χ1v) is 6.27. The number of anilines is 1. The molecule has 0 spiro atoms. The zero-order valence-electron chi connectivity index (χ0n) is 9.25. The molecule has 0 aliphatic carbocycles. The van der Waals surface area contributed by atoms with Gasteiger partial charge in [-0.3, -0.25) is 0 Å². The summed E-state index contributed by atoms with van der Waals surface area (Å²) in [5.74, 6) is 0.755. The van der Waals surface area contributed by atoms with Crippen LogP contribution in [0.5, 0.6) is 0 Å². The van der Waals surface area contributed by atoms with Crippen LogP contribution < -0.4 is 4.90 Å². The smallest absolute Gasteiger partial charge is 0.0401 e. The predicted octanol–water partition coefficient (Wildman–Crippen LogP) is 3.46. The lowest BCUT2D eigenvalue weighted by Gasteiger charge is -2.37. The normalized spacial score (nSPS) is 20.1. The predicted molar refractivity (Wildman–Crippen MR) is 66.9 cm³/mol. The Hall–Kier alpha value is -0.690. The first kappa shape index (κ1) is 10.8. The molecule has 1 aromatic rings. The molecule has 0 saturated carbocycles. The van der Waals surface area contributed by atoms with Gasteiger partial charge in [0.05, 0.1) is 0 Å². The lowest BCUT2D eigenvalue weighted by atomic mass is 9.96. The number of halogens is 1. The van der Waals surface area contributed by atoms with E-state index in [1.807, 2.05) is 0 Å². The third-order valence-electron chi connectivity index (χ3n) is 3.20. The molecule has 0 bridgehead atoms. The van der Waals surface area contributed by atoms with Crippen molar-refractivity contribution in [1.29, 1.82) is 0 Å². The van der Waals surface area contributed by atoms with Gasteiger partial charge in [-0.15, -0.1) is 11.6 Å². The van der Waals surface area contributed by atoms with Gasteiger partial charge in [0.2, 0.25) is 0 Å². The lowest BCUT2D eigenvalue weighted by molar-refractivity contribution is 0.559. The summed E-state index contributed by atoms with van der Waals surface area (Å²) in [6.45, 7) is 3.39. The van der Waals surface area contributed by atoms with Crippen molar-refractivity contribution in [2.24, 2.45) is 0 Å². The van der Waals surface area contributed by atoms with Gasteiger partial charge in [0.15, 0.2) is 0 Å². The Morgan fingerprint density at radius 3 is 3.00 bits per heavy atom. The molecule has 0 saturated heterocycles. The summed E-state index contributed by atoms with van der Waals surface area (Å²) in [6.07, 6.45) is 3.55. The molecule has 1 atom stereocenters. The van der Waals surface area contributed by atoms with E-state index in [0.717, 1.165) is 18.8 Å². The second-order valence-electron chi connectivity index (χ2n) is 4.25. The number of rotatable bonds is 3. The number of nitrogens with zero attached hydrogens (tertiary/aromatic N) is 1. The first-order chi connectivity index (χ1) is 7.33. The van der Waals surface area contributed by atoms with Crippen LogP contribution in [0.3, 0.4) is 0 Å². The number of fused-ring (bicyclic) bond motifs is 1. The maximum Gasteiger partial charge on any atom is 0.0401 e. The zero-order chi connectivity index (χ0) is 10.7. The average Bonchev–Trinajstić information content (AvgIpc) is 2.28. The molecule has 1 aliphatic rings. The van der Waals surface area contributed by atoms with Crippen molar-refractivity contribution < 1.29 is 0 Å². The SMILES string of the molecule is CC1CCc2ccccc2N1CCCCl. The second kappa shape index (κ2) is 4.89. The van der Waals surface area contributed by atoms with Crippen LogP contribution in [0.1, 0.15) is 25.3 Å². The minimum atomic E-state index is 0.656. The van der Waals surface area contributed by atoms with E-state index in [1.165, 1.54) is 24.1 Å². The molecular weight excluding hydrogens is 206 g/mol. The fourth-order valence-electron chi connectivity index (χ4n) is 2.33. The van der Waals surface area contributed by atoms with E-state index in [2.05, 4.69) is 36.1 Å². The number of hydrogen-bond donors (Lipinski definition) is 0. The van der Waals surface area contributed by atoms with Crippen molar-refractivity contribution >= 4 is 17.3 Å². The van der Waals surface area contributed by atoms with Crippen LogP contribution in [0.15, 0.2) is 24.3 Å². The van der Waals surface area contributed by atoms with E-state index in [4.69, 9.17) is 11.6 Å². The molecule has 1 heterocycles. The lowest BCUT2D eigenvalue weighted by Crippen LogP contribution is -2.38. The van der Waals surface area contributed by atoms with Crippen molar-refractivity contribution in [3.63, 3.8) is 0 Å². The summed E-state index contributed by atoms with van der Waals surface area (Å²) in [6, 6.07) is 9.40. The molecule has 15 heavy (non-hydrogen) atoms. The van der Waals surface area contributed by atoms with Gasteiger partial charge >= 0.3 is 0 Å². The number of aryl methyl sites for hydroxylation is 1. The monoisotopic (exact) mass is 223 g/mol. The molecule has 0 fully saturated rings. The maximum absolute atomic E-state index is 5.77. The summed E-state index contributed by atoms with van der Waals surface area (Å²) in [5.41, 5.74) is 2.91. The highest BCUT2D eigenvalue weighted by molar-refractivity contribution is 6.17. The molecule has 0 aromatic heterocycles. The largest absolute Gasteiger partial charge is 0.369 e. The van der Waals surface area contributed by atoms with Gasteiger partial charge in [-0.25, -0.2) is 0 Å². The minimum Gasteiger partial charge on any atom is -0.369 e. The van der Waals surface area contributed by atoms with Gasteiger partial charge in [-0.05, 0) is 37.8 Å². The van der Waals surface area contributed by atoms with Crippen molar-refractivity contribution in [2.45, 2.75) is 32.2 Å². The highest BCUT2D eigenvalue weighted by Crippen LogP contribution is 2.30. The summed E-state index contributed by atoms with van der Waals surface area (Å²) in [4.78, 5) is 2.50. The maximum atomic E-state index is 5.77. The molecule has 0 N–H and O–H groups in total. The van der Waals surface area contributed by atoms with E-state index in [0.29, 0.717) is 6.04 Å². The molecule has 1 nitrogen and oxygen atoms in total. The van der Waals surface area contributed by atoms with Crippen LogP contribution in [0.2, 0.25) is 0 Å². The Morgan fingerprint density at radius 2 is 2.20 bits per heavy atom. The Bertz CT molecular complexity index is 324. The number of para-hydroxylation sites is 1. The topological polar surface area (TPSA) is 3.24 Å². The number of benzene rings is 1. The average molecular weight is 224 g/mol. The Labute approximate surface area is 97.0 Å². The molecule has 1 aromatic carbocycles. The molecule has 2 heteroatoms. The highest BCUT2D eigenvalue weighted by Gasteiger charge is 2.21. The van der Waals surface area contributed by atoms with Gasteiger partial charge in [0.1, 0.15) is 0 Å². The van der Waals surface area contributed by atoms with Crippen molar-refractivity contribution in [3.8, 4) is 0 Å². The second-order valence-corrected chi connectivity index (χ2v) is 4.63. The number of hydrogen-bond acceptors (Lipinski definition) is 1. The Kier molecular flexibility index (Phi) is 3.53. The standard InChI is InChI=1S/C13H18ClN/c1-11-7-8-12-5-2-3-6-13(12)15(11)10-4-9-14/h2-3,5-6,11H,4,7-10H2,1H3. The van der Waals surface area contributed by atoms with Gasteiger partial charge in [-0.2, -0.15) is 0 Å². The third kappa shape index (κ3) is 2.28. The fraction of sp³-hybridized carbons (Fsp3) is 0.538. The van der Waals surface area contributed by atoms with E-state index in [-0.39, 0.29) is 0 Å². The number of alkyl halides is 1. The van der Waals surface area contributed by atoms with Crippen LogP contribution >= 0.6 is 11.6 Å². The Morgan fingerprint density at radius 1 is 1.40 bits per heavy atom. The summed E-state index contributed by atoms with van der Waals surface area (Å²) >= 11 is 5.77. The third-order valence-corrected chi connectivity index (χ3v) is 3.46. The van der Waals surface area contributed by atoms with Crippen LogP contribution in [-0.2, 0) is 6.42 Å². The van der Waals surface area contributed by atoms with Crippen LogP contribution in [0, 0.1) is 0 Å². The zero-order valence-corrected chi connectivity index (χ0v) is 10.0. The van der Waals surface area contributed by atoms with Gasteiger partial charge in [-0.1, -0.05) is 18.2 Å². The first-order valence-electron chi connectivity index (χ1n) is 5.73. The molecule has 82 valence electrons. The summed E-state index contributed by atoms with van der Waals surface area (Å²) < 4.78 is 0. The molecule has 0 amide bonds. The van der Waals surface area contributed by atoms with Crippen LogP contribution in [0.25, 0.3) is 0 Å². The van der Waals surface area contributed by atoms with Crippen molar-refractivity contribution in [1.82, 2.24) is 0 Å². The van der Waals surface area contributed by atoms with Gasteiger partial charge in [0.25, 0.3) is 0 Å². The summed E-state index contributed by atoms with van der Waals surface area (Å²) in [5, 5.41) is 0. The highest BCUT2D eigenvalue weighted by atomic mass is 35.5. The van der Waals surface area contributed by atoms with Gasteiger partial charge < -0.3 is 4.90 Å². The van der Waals surface area contributed by atoms with Crippen LogP contribution in [-0.4, -0.2) is 18.5 Å². The van der Waals surface area contributed by atoms with Crippen LogP contribution in [0.4, 0.5) is 5.69 Å². The van der Waals surface area contributed by atoms with Crippen molar-refractivity contribution in [2.75, 3.05) is 17.3 Å². The quantitative estimate of drug-likeness (QED) is 0.710. The fourth-order valence-corrected chi connectivity index (χ4v) is 2.45. The molecule has 1 aliphatic heterocycles. The molecule has 1 unspecified atom stereocenters. The van der Waals surface area contributed by atoms with E-state index >= 15 is 0 Å². The van der Waals surface area contributed by atoms with E-state index in [9.17, 15) is 0 Å². The van der Waals surface area contributed by atoms with E-state index in [1.54, 1.807) is 0 Å². The molecular formula is C13H18ClN. The Balaban J connectivity index is 2.21.